The number of esters is 1. The van der Waals surface area contributed by atoms with E-state index in [1.54, 1.807) is 13.8 Å². The quantitative estimate of drug-likeness (QED) is 0.824. The lowest BCUT2D eigenvalue weighted by Crippen LogP contribution is -2.42. The second-order valence-corrected chi connectivity index (χ2v) is 5.07. The Morgan fingerprint density at radius 3 is 2.39 bits per heavy atom. The van der Waals surface area contributed by atoms with Crippen LogP contribution in [0, 0.1) is 13.8 Å². The van der Waals surface area contributed by atoms with Gasteiger partial charge in [0.05, 0.1) is 5.69 Å². The predicted molar refractivity (Wildman–Crippen MR) is 64.2 cm³/mol. The van der Waals surface area contributed by atoms with Crippen LogP contribution in [-0.2, 0) is 9.53 Å². The molecule has 6 nitrogen and oxygen atoms in total. The average molecular weight is 254 g/mol. The van der Waals surface area contributed by atoms with Crippen molar-refractivity contribution in [2.75, 3.05) is 6.61 Å². The van der Waals surface area contributed by atoms with Crippen LogP contribution in [0.25, 0.3) is 0 Å². The molecule has 0 aliphatic heterocycles. The molecule has 0 bridgehead atoms. The fourth-order valence-corrected chi connectivity index (χ4v) is 1.43. The third kappa shape index (κ3) is 3.87. The molecule has 0 aliphatic carbocycles. The molecule has 1 aromatic heterocycles. The Labute approximate surface area is 106 Å². The summed E-state index contributed by atoms with van der Waals surface area (Å²) in [5.41, 5.74) is 0.374. The normalized spacial score (nSPS) is 11.2. The van der Waals surface area contributed by atoms with Gasteiger partial charge in [-0.05, 0) is 34.6 Å². The van der Waals surface area contributed by atoms with Gasteiger partial charge in [0, 0.05) is 5.54 Å². The molecule has 0 atom stereocenters. The number of aryl methyl sites for hydroxylation is 2. The van der Waals surface area contributed by atoms with Gasteiger partial charge in [-0.15, -0.1) is 0 Å². The molecule has 0 aromatic carbocycles. The Balaban J connectivity index is 2.55. The van der Waals surface area contributed by atoms with Gasteiger partial charge in [-0.1, -0.05) is 5.16 Å². The molecule has 18 heavy (non-hydrogen) atoms. The Morgan fingerprint density at radius 1 is 1.33 bits per heavy atom. The summed E-state index contributed by atoms with van der Waals surface area (Å²) in [4.78, 5) is 23.2. The molecule has 0 radical (unpaired) electrons. The lowest BCUT2D eigenvalue weighted by molar-refractivity contribution is -0.125. The summed E-state index contributed by atoms with van der Waals surface area (Å²) in [5, 5.41) is 6.34. The summed E-state index contributed by atoms with van der Waals surface area (Å²) in [5.74, 6) is -0.563. The molecular formula is C12H18N2O4. The number of carbonyl (C=O) groups is 2. The SMILES string of the molecule is Cc1noc(C)c1C(=O)OCC(=O)NC(C)(C)C. The average Bonchev–Trinajstić information content (AvgIpc) is 2.53. The molecule has 0 aliphatic rings. The zero-order valence-electron chi connectivity index (χ0n) is 11.3. The second kappa shape index (κ2) is 5.20. The third-order valence-corrected chi connectivity index (χ3v) is 2.09. The van der Waals surface area contributed by atoms with Crippen LogP contribution in [0.2, 0.25) is 0 Å². The first kappa shape index (κ1) is 14.2. The topological polar surface area (TPSA) is 81.4 Å². The molecule has 0 fully saturated rings. The van der Waals surface area contributed by atoms with Gasteiger partial charge in [0.1, 0.15) is 11.3 Å². The van der Waals surface area contributed by atoms with Gasteiger partial charge < -0.3 is 14.6 Å². The number of ether oxygens (including phenoxy) is 1. The maximum atomic E-state index is 11.7. The molecule has 0 spiro atoms. The molecular weight excluding hydrogens is 236 g/mol. The predicted octanol–water partition coefficient (Wildman–Crippen LogP) is 1.36. The molecule has 100 valence electrons. The van der Waals surface area contributed by atoms with E-state index >= 15 is 0 Å². The van der Waals surface area contributed by atoms with Crippen LogP contribution in [0.5, 0.6) is 0 Å². The van der Waals surface area contributed by atoms with Gasteiger partial charge in [-0.3, -0.25) is 4.79 Å². The van der Waals surface area contributed by atoms with Crippen LogP contribution in [-0.4, -0.2) is 29.2 Å². The standard InChI is InChI=1S/C12H18N2O4/c1-7-10(8(2)18-14-7)11(16)17-6-9(15)13-12(3,4)5/h6H2,1-5H3,(H,13,15). The van der Waals surface area contributed by atoms with E-state index in [-0.39, 0.29) is 23.6 Å². The molecule has 1 heterocycles. The maximum Gasteiger partial charge on any atom is 0.344 e. The zero-order valence-corrected chi connectivity index (χ0v) is 11.3. The van der Waals surface area contributed by atoms with E-state index in [1.807, 2.05) is 20.8 Å². The largest absolute Gasteiger partial charge is 0.452 e. The molecule has 1 aromatic rings. The van der Waals surface area contributed by atoms with E-state index in [4.69, 9.17) is 9.26 Å². The molecule has 0 saturated heterocycles. The lowest BCUT2D eigenvalue weighted by Gasteiger charge is -2.20. The summed E-state index contributed by atoms with van der Waals surface area (Å²) in [6.07, 6.45) is 0. The van der Waals surface area contributed by atoms with E-state index in [2.05, 4.69) is 10.5 Å². The van der Waals surface area contributed by atoms with Crippen molar-refractivity contribution in [3.63, 3.8) is 0 Å². The van der Waals surface area contributed by atoms with Gasteiger partial charge in [0.2, 0.25) is 0 Å². The number of hydrogen-bond donors (Lipinski definition) is 1. The molecule has 1 N–H and O–H groups in total. The monoisotopic (exact) mass is 254 g/mol. The van der Waals surface area contributed by atoms with Crippen molar-refractivity contribution in [1.82, 2.24) is 10.5 Å². The summed E-state index contributed by atoms with van der Waals surface area (Å²) < 4.78 is 9.76. The highest BCUT2D eigenvalue weighted by molar-refractivity contribution is 5.93. The van der Waals surface area contributed by atoms with E-state index in [9.17, 15) is 9.59 Å². The van der Waals surface area contributed by atoms with Crippen LogP contribution < -0.4 is 5.32 Å². The number of nitrogens with one attached hydrogen (secondary N) is 1. The van der Waals surface area contributed by atoms with E-state index < -0.39 is 5.97 Å². The Morgan fingerprint density at radius 2 is 1.94 bits per heavy atom. The molecule has 0 unspecified atom stereocenters. The van der Waals surface area contributed by atoms with Crippen LogP contribution in [0.15, 0.2) is 4.52 Å². The first-order valence-electron chi connectivity index (χ1n) is 5.61. The van der Waals surface area contributed by atoms with Gasteiger partial charge in [-0.2, -0.15) is 0 Å². The molecule has 0 saturated carbocycles. The lowest BCUT2D eigenvalue weighted by atomic mass is 10.1. The fraction of sp³-hybridized carbons (Fsp3) is 0.583. The van der Waals surface area contributed by atoms with Crippen LogP contribution >= 0.6 is 0 Å². The number of amides is 1. The summed E-state index contributed by atoms with van der Waals surface area (Å²) in [6, 6.07) is 0. The van der Waals surface area contributed by atoms with Crippen LogP contribution in [0.4, 0.5) is 0 Å². The highest BCUT2D eigenvalue weighted by Gasteiger charge is 2.21. The van der Waals surface area contributed by atoms with Crippen molar-refractivity contribution in [1.29, 1.82) is 0 Å². The fourth-order valence-electron chi connectivity index (χ4n) is 1.43. The molecule has 1 amide bonds. The van der Waals surface area contributed by atoms with E-state index in [0.29, 0.717) is 11.5 Å². The van der Waals surface area contributed by atoms with Crippen molar-refractivity contribution < 1.29 is 18.8 Å². The van der Waals surface area contributed by atoms with E-state index in [1.165, 1.54) is 0 Å². The van der Waals surface area contributed by atoms with Crippen LogP contribution in [0.1, 0.15) is 42.6 Å². The van der Waals surface area contributed by atoms with Crippen molar-refractivity contribution in [2.24, 2.45) is 0 Å². The molecule has 6 heteroatoms. The van der Waals surface area contributed by atoms with Crippen molar-refractivity contribution in [3.8, 4) is 0 Å². The Bertz CT molecular complexity index is 438. The van der Waals surface area contributed by atoms with Crippen molar-refractivity contribution >= 4 is 11.9 Å². The van der Waals surface area contributed by atoms with Crippen LogP contribution in [0.3, 0.4) is 0 Å². The minimum absolute atomic E-state index is 0.276. The number of hydrogen-bond acceptors (Lipinski definition) is 5. The maximum absolute atomic E-state index is 11.7. The smallest absolute Gasteiger partial charge is 0.344 e. The first-order valence-corrected chi connectivity index (χ1v) is 5.61. The van der Waals surface area contributed by atoms with Gasteiger partial charge in [0.25, 0.3) is 5.91 Å². The highest BCUT2D eigenvalue weighted by Crippen LogP contribution is 2.13. The summed E-state index contributed by atoms with van der Waals surface area (Å²) in [6.45, 7) is 8.48. The van der Waals surface area contributed by atoms with Crippen molar-refractivity contribution in [2.45, 2.75) is 40.2 Å². The molecule has 1 rings (SSSR count). The third-order valence-electron chi connectivity index (χ3n) is 2.09. The summed E-state index contributed by atoms with van der Waals surface area (Å²) in [7, 11) is 0. The number of aromatic nitrogens is 1. The van der Waals surface area contributed by atoms with E-state index in [0.717, 1.165) is 0 Å². The highest BCUT2D eigenvalue weighted by atomic mass is 16.5. The van der Waals surface area contributed by atoms with Crippen molar-refractivity contribution in [3.05, 3.63) is 17.0 Å². The Hall–Kier alpha value is -1.85. The minimum Gasteiger partial charge on any atom is -0.452 e. The number of nitrogens with zero attached hydrogens (tertiary/aromatic N) is 1. The minimum atomic E-state index is -0.602. The van der Waals surface area contributed by atoms with Gasteiger partial charge in [-0.25, -0.2) is 4.79 Å². The first-order chi connectivity index (χ1) is 8.20. The zero-order chi connectivity index (χ0) is 13.9. The van der Waals surface area contributed by atoms with Gasteiger partial charge in [0.15, 0.2) is 6.61 Å². The second-order valence-electron chi connectivity index (χ2n) is 5.07. The van der Waals surface area contributed by atoms with Gasteiger partial charge >= 0.3 is 5.97 Å². The number of carbonyl (C=O) groups excluding carboxylic acids is 2. The number of rotatable bonds is 3. The Kier molecular flexibility index (Phi) is 4.11. The summed E-state index contributed by atoms with van der Waals surface area (Å²) >= 11 is 0.